The van der Waals surface area contributed by atoms with Gasteiger partial charge in [-0.1, -0.05) is 6.92 Å². The van der Waals surface area contributed by atoms with Gasteiger partial charge in [-0.05, 0) is 20.4 Å². The summed E-state index contributed by atoms with van der Waals surface area (Å²) in [6.45, 7) is 10.6. The normalized spacial score (nSPS) is 27.6. The number of hydrogen-bond donors (Lipinski definition) is 1. The second-order valence-corrected chi connectivity index (χ2v) is 5.16. The Labute approximate surface area is 99.3 Å². The fraction of sp³-hybridized carbons (Fsp3) is 1.00. The maximum atomic E-state index is 5.43. The maximum Gasteiger partial charge on any atom is 0.0971 e. The van der Waals surface area contributed by atoms with Gasteiger partial charge in [0.1, 0.15) is 0 Å². The van der Waals surface area contributed by atoms with Gasteiger partial charge in [0.05, 0.1) is 12.2 Å². The Morgan fingerprint density at radius 2 is 1.69 bits per heavy atom. The predicted molar refractivity (Wildman–Crippen MR) is 65.8 cm³/mol. The van der Waals surface area contributed by atoms with Crippen LogP contribution < -0.4 is 5.32 Å². The summed E-state index contributed by atoms with van der Waals surface area (Å²) in [7, 11) is 3.52. The van der Waals surface area contributed by atoms with Crippen LogP contribution in [0.5, 0.6) is 0 Å². The van der Waals surface area contributed by atoms with Gasteiger partial charge in [-0.25, -0.2) is 0 Å². The van der Waals surface area contributed by atoms with Crippen molar-refractivity contribution in [2.45, 2.75) is 38.5 Å². The zero-order valence-corrected chi connectivity index (χ0v) is 11.2. The molecule has 1 heterocycles. The number of likely N-dealkylation sites (N-methyl/N-ethyl adjacent to an activating group) is 1. The van der Waals surface area contributed by atoms with Crippen molar-refractivity contribution in [3.05, 3.63) is 0 Å². The molecule has 0 spiro atoms. The lowest BCUT2D eigenvalue weighted by Crippen LogP contribution is -2.48. The lowest BCUT2D eigenvalue weighted by atomic mass is 10.1. The number of nitrogens with one attached hydrogen (secondary N) is 1. The summed E-state index contributed by atoms with van der Waals surface area (Å²) < 4.78 is 10.9. The third kappa shape index (κ3) is 3.70. The van der Waals surface area contributed by atoms with E-state index in [-0.39, 0.29) is 17.7 Å². The number of nitrogens with zero attached hydrogens (tertiary/aromatic N) is 1. The molecule has 0 bridgehead atoms. The lowest BCUT2D eigenvalue weighted by molar-refractivity contribution is -0.00461. The Balaban J connectivity index is 2.45. The standard InChI is InChI=1S/C12H26N2O2/c1-6-13-12(2,3)9-14-7-10(15-4)11(8-14)16-5/h10-11,13H,6-9H2,1-5H3. The van der Waals surface area contributed by atoms with Crippen molar-refractivity contribution in [3.8, 4) is 0 Å². The first-order valence-electron chi connectivity index (χ1n) is 6.05. The molecule has 4 heteroatoms. The smallest absolute Gasteiger partial charge is 0.0971 e. The third-order valence-corrected chi connectivity index (χ3v) is 3.17. The maximum absolute atomic E-state index is 5.43. The number of ether oxygens (including phenoxy) is 2. The van der Waals surface area contributed by atoms with E-state index < -0.39 is 0 Å². The van der Waals surface area contributed by atoms with E-state index in [1.54, 1.807) is 14.2 Å². The molecule has 0 aliphatic carbocycles. The Morgan fingerprint density at radius 1 is 1.19 bits per heavy atom. The summed E-state index contributed by atoms with van der Waals surface area (Å²) in [4.78, 5) is 2.41. The monoisotopic (exact) mass is 230 g/mol. The van der Waals surface area contributed by atoms with E-state index in [0.29, 0.717) is 0 Å². The van der Waals surface area contributed by atoms with Gasteiger partial charge in [-0.15, -0.1) is 0 Å². The van der Waals surface area contributed by atoms with E-state index in [1.807, 2.05) is 0 Å². The largest absolute Gasteiger partial charge is 0.377 e. The third-order valence-electron chi connectivity index (χ3n) is 3.17. The summed E-state index contributed by atoms with van der Waals surface area (Å²) in [6.07, 6.45) is 0.421. The van der Waals surface area contributed by atoms with Crippen LogP contribution in [0.15, 0.2) is 0 Å². The van der Waals surface area contributed by atoms with E-state index >= 15 is 0 Å². The van der Waals surface area contributed by atoms with Crippen LogP contribution in [-0.2, 0) is 9.47 Å². The SMILES string of the molecule is CCNC(C)(C)CN1CC(OC)C(OC)C1. The molecular weight excluding hydrogens is 204 g/mol. The molecule has 2 unspecified atom stereocenters. The van der Waals surface area contributed by atoms with Crippen molar-refractivity contribution < 1.29 is 9.47 Å². The van der Waals surface area contributed by atoms with Crippen LogP contribution in [0.2, 0.25) is 0 Å². The van der Waals surface area contributed by atoms with Crippen molar-refractivity contribution in [2.24, 2.45) is 0 Å². The minimum atomic E-state index is 0.148. The van der Waals surface area contributed by atoms with Gasteiger partial charge in [0.15, 0.2) is 0 Å². The molecule has 1 aliphatic heterocycles. The molecule has 1 saturated heterocycles. The molecule has 2 atom stereocenters. The van der Waals surface area contributed by atoms with Crippen molar-refractivity contribution >= 4 is 0 Å². The van der Waals surface area contributed by atoms with Gasteiger partial charge in [0.25, 0.3) is 0 Å². The van der Waals surface area contributed by atoms with Crippen molar-refractivity contribution in [1.82, 2.24) is 10.2 Å². The number of rotatable bonds is 6. The second-order valence-electron chi connectivity index (χ2n) is 5.16. The molecule has 96 valence electrons. The Bertz CT molecular complexity index is 197. The molecule has 0 aromatic carbocycles. The zero-order valence-electron chi connectivity index (χ0n) is 11.2. The van der Waals surface area contributed by atoms with Crippen LogP contribution in [-0.4, -0.2) is 63.0 Å². The van der Waals surface area contributed by atoms with Gasteiger partial charge in [0, 0.05) is 39.4 Å². The summed E-state index contributed by atoms with van der Waals surface area (Å²) in [5, 5.41) is 3.49. The van der Waals surface area contributed by atoms with Crippen LogP contribution >= 0.6 is 0 Å². The molecule has 0 saturated carbocycles. The Kier molecular flexibility index (Phi) is 5.18. The summed E-state index contributed by atoms with van der Waals surface area (Å²) in [5.74, 6) is 0. The molecule has 1 aliphatic rings. The molecule has 0 aromatic rings. The molecule has 0 amide bonds. The second kappa shape index (κ2) is 5.96. The highest BCUT2D eigenvalue weighted by atomic mass is 16.5. The first kappa shape index (κ1) is 13.9. The molecule has 4 nitrogen and oxygen atoms in total. The van der Waals surface area contributed by atoms with Crippen molar-refractivity contribution in [3.63, 3.8) is 0 Å². The number of likely N-dealkylation sites (tertiary alicyclic amines) is 1. The van der Waals surface area contributed by atoms with Gasteiger partial charge < -0.3 is 14.8 Å². The predicted octanol–water partition coefficient (Wildman–Crippen LogP) is 0.720. The molecule has 0 radical (unpaired) electrons. The minimum Gasteiger partial charge on any atom is -0.377 e. The average molecular weight is 230 g/mol. The van der Waals surface area contributed by atoms with Crippen LogP contribution in [0.25, 0.3) is 0 Å². The topological polar surface area (TPSA) is 33.7 Å². The quantitative estimate of drug-likeness (QED) is 0.729. The minimum absolute atomic E-state index is 0.148. The highest BCUT2D eigenvalue weighted by Gasteiger charge is 2.35. The first-order valence-corrected chi connectivity index (χ1v) is 6.05. The lowest BCUT2D eigenvalue weighted by Gasteiger charge is -2.30. The van der Waals surface area contributed by atoms with Gasteiger partial charge in [-0.2, -0.15) is 0 Å². The highest BCUT2D eigenvalue weighted by molar-refractivity contribution is 4.90. The van der Waals surface area contributed by atoms with Crippen molar-refractivity contribution in [1.29, 1.82) is 0 Å². The van der Waals surface area contributed by atoms with Gasteiger partial charge in [-0.3, -0.25) is 4.90 Å². The van der Waals surface area contributed by atoms with Gasteiger partial charge >= 0.3 is 0 Å². The van der Waals surface area contributed by atoms with E-state index in [2.05, 4.69) is 31.0 Å². The zero-order chi connectivity index (χ0) is 12.2. The first-order chi connectivity index (χ1) is 7.52. The van der Waals surface area contributed by atoms with E-state index in [0.717, 1.165) is 26.2 Å². The molecule has 16 heavy (non-hydrogen) atoms. The van der Waals surface area contributed by atoms with E-state index in [9.17, 15) is 0 Å². The fourth-order valence-electron chi connectivity index (χ4n) is 2.49. The number of methoxy groups -OCH3 is 2. The van der Waals surface area contributed by atoms with E-state index in [1.165, 1.54) is 0 Å². The summed E-state index contributed by atoms with van der Waals surface area (Å²) in [6, 6.07) is 0. The number of hydrogen-bond acceptors (Lipinski definition) is 4. The van der Waals surface area contributed by atoms with Crippen molar-refractivity contribution in [2.75, 3.05) is 40.4 Å². The molecule has 0 aromatic heterocycles. The Hall–Kier alpha value is -0.160. The summed E-state index contributed by atoms with van der Waals surface area (Å²) >= 11 is 0. The fourth-order valence-corrected chi connectivity index (χ4v) is 2.49. The average Bonchev–Trinajstić information content (AvgIpc) is 2.59. The van der Waals surface area contributed by atoms with Crippen LogP contribution in [0.4, 0.5) is 0 Å². The molecule has 1 rings (SSSR count). The van der Waals surface area contributed by atoms with Crippen LogP contribution in [0.3, 0.4) is 0 Å². The van der Waals surface area contributed by atoms with Crippen LogP contribution in [0, 0.1) is 0 Å². The van der Waals surface area contributed by atoms with Gasteiger partial charge in [0.2, 0.25) is 0 Å². The molecule has 1 fully saturated rings. The van der Waals surface area contributed by atoms with Crippen LogP contribution in [0.1, 0.15) is 20.8 Å². The van der Waals surface area contributed by atoms with E-state index in [4.69, 9.17) is 9.47 Å². The Morgan fingerprint density at radius 3 is 2.06 bits per heavy atom. The molecular formula is C12H26N2O2. The highest BCUT2D eigenvalue weighted by Crippen LogP contribution is 2.18. The summed E-state index contributed by atoms with van der Waals surface area (Å²) in [5.41, 5.74) is 0.148. The molecule has 1 N–H and O–H groups in total.